The molecule has 0 aromatic heterocycles. The van der Waals surface area contributed by atoms with E-state index in [9.17, 15) is 0 Å². The predicted molar refractivity (Wildman–Crippen MR) is 67.8 cm³/mol. The average Bonchev–Trinajstić information content (AvgIpc) is 1.81. The van der Waals surface area contributed by atoms with E-state index >= 15 is 0 Å². The van der Waals surface area contributed by atoms with E-state index in [1.54, 1.807) is 0 Å². The van der Waals surface area contributed by atoms with Crippen LogP contribution in [0.3, 0.4) is 0 Å². The van der Waals surface area contributed by atoms with Crippen LogP contribution in [0, 0.1) is 10.8 Å². The van der Waals surface area contributed by atoms with Crippen LogP contribution in [0.1, 0.15) is 48.0 Å². The molecule has 0 heterocycles. The molecule has 0 saturated heterocycles. The van der Waals surface area contributed by atoms with Gasteiger partial charge in [0.05, 0.1) is 7.17 Å². The summed E-state index contributed by atoms with van der Waals surface area (Å²) in [6.07, 6.45) is 3.09. The lowest BCUT2D eigenvalue weighted by atomic mass is 9.39. The Morgan fingerprint density at radius 1 is 1.08 bits per heavy atom. The largest absolute Gasteiger partial charge is 0.245 e. The first-order valence-electron chi connectivity index (χ1n) is 4.98. The lowest BCUT2D eigenvalue weighted by Gasteiger charge is -2.35. The van der Waals surface area contributed by atoms with E-state index in [1.165, 1.54) is 6.42 Å². The third-order valence-corrected chi connectivity index (χ3v) is 2.44. The standard InChI is InChI=1S/C10H22B2S/c1-9(2,3)7-8(11-12-13)10(4,5)6/h8,13H,7H2,1-6H3. The highest BCUT2D eigenvalue weighted by molar-refractivity contribution is 8.12. The van der Waals surface area contributed by atoms with Crippen LogP contribution >= 0.6 is 12.5 Å². The Balaban J connectivity index is 4.27. The molecule has 1 unspecified atom stereocenters. The van der Waals surface area contributed by atoms with Crippen molar-refractivity contribution in [2.24, 2.45) is 10.8 Å². The van der Waals surface area contributed by atoms with Crippen molar-refractivity contribution in [3.05, 3.63) is 0 Å². The van der Waals surface area contributed by atoms with Gasteiger partial charge in [0.1, 0.15) is 6.45 Å². The van der Waals surface area contributed by atoms with Gasteiger partial charge in [-0.3, -0.25) is 0 Å². The van der Waals surface area contributed by atoms with Gasteiger partial charge in [-0.25, -0.2) is 12.5 Å². The Morgan fingerprint density at radius 3 is 1.77 bits per heavy atom. The van der Waals surface area contributed by atoms with Gasteiger partial charge in [-0.15, -0.1) is 0 Å². The fourth-order valence-corrected chi connectivity index (χ4v) is 1.63. The fraction of sp³-hybridized carbons (Fsp3) is 1.00. The molecular weight excluding hydrogens is 174 g/mol. The topological polar surface area (TPSA) is 0 Å². The Hall–Kier alpha value is 0.480. The van der Waals surface area contributed by atoms with Crippen molar-refractivity contribution in [2.45, 2.75) is 53.8 Å². The minimum Gasteiger partial charge on any atom is -0.245 e. The Labute approximate surface area is 91.0 Å². The lowest BCUT2D eigenvalue weighted by Crippen LogP contribution is -2.27. The molecule has 1 atom stereocenters. The molecule has 74 valence electrons. The third kappa shape index (κ3) is 6.54. The minimum absolute atomic E-state index is 0.340. The van der Waals surface area contributed by atoms with E-state index < -0.39 is 0 Å². The van der Waals surface area contributed by atoms with Crippen molar-refractivity contribution in [1.29, 1.82) is 0 Å². The lowest BCUT2D eigenvalue weighted by molar-refractivity contribution is 0.275. The van der Waals surface area contributed by atoms with Gasteiger partial charge in [-0.1, -0.05) is 53.8 Å². The normalized spacial score (nSPS) is 15.3. The molecule has 0 amide bonds. The van der Waals surface area contributed by atoms with Crippen LogP contribution in [0.4, 0.5) is 0 Å². The highest BCUT2D eigenvalue weighted by Gasteiger charge is 2.28. The Bertz CT molecular complexity index is 144. The average molecular weight is 196 g/mol. The first-order valence-corrected chi connectivity index (χ1v) is 5.49. The van der Waals surface area contributed by atoms with Crippen molar-refractivity contribution >= 4 is 26.1 Å². The van der Waals surface area contributed by atoms with Gasteiger partial charge in [0.25, 0.3) is 0 Å². The van der Waals surface area contributed by atoms with E-state index in [-0.39, 0.29) is 0 Å². The van der Waals surface area contributed by atoms with Gasteiger partial charge in [0.15, 0.2) is 0 Å². The zero-order chi connectivity index (χ0) is 10.7. The zero-order valence-electron chi connectivity index (χ0n) is 9.89. The summed E-state index contributed by atoms with van der Waals surface area (Å²) in [6, 6.07) is 0. The quantitative estimate of drug-likeness (QED) is 0.518. The van der Waals surface area contributed by atoms with Crippen LogP contribution in [0.2, 0.25) is 5.82 Å². The maximum atomic E-state index is 4.16. The molecular formula is C10H22B2S. The van der Waals surface area contributed by atoms with Gasteiger partial charge in [0.2, 0.25) is 0 Å². The number of rotatable bonds is 3. The van der Waals surface area contributed by atoms with Gasteiger partial charge >= 0.3 is 0 Å². The number of thiol groups is 1. The van der Waals surface area contributed by atoms with Crippen LogP contribution in [0.15, 0.2) is 0 Å². The van der Waals surface area contributed by atoms with E-state index in [0.29, 0.717) is 16.6 Å². The molecule has 0 bridgehead atoms. The summed E-state index contributed by atoms with van der Waals surface area (Å²) >= 11 is 4.16. The molecule has 0 nitrogen and oxygen atoms in total. The van der Waals surface area contributed by atoms with E-state index in [4.69, 9.17) is 0 Å². The maximum absolute atomic E-state index is 4.16. The molecule has 13 heavy (non-hydrogen) atoms. The zero-order valence-corrected chi connectivity index (χ0v) is 10.8. The van der Waals surface area contributed by atoms with Crippen molar-refractivity contribution in [1.82, 2.24) is 0 Å². The van der Waals surface area contributed by atoms with Crippen LogP contribution in [-0.2, 0) is 0 Å². The van der Waals surface area contributed by atoms with Gasteiger partial charge < -0.3 is 0 Å². The first-order chi connectivity index (χ1) is 5.67. The van der Waals surface area contributed by atoms with Gasteiger partial charge in [-0.05, 0) is 10.8 Å². The number of hydrogen-bond acceptors (Lipinski definition) is 1. The summed E-state index contributed by atoms with van der Waals surface area (Å²) < 4.78 is 0. The van der Waals surface area contributed by atoms with Crippen molar-refractivity contribution in [2.75, 3.05) is 0 Å². The molecule has 0 aromatic carbocycles. The molecule has 0 saturated carbocycles. The number of hydrogen-bond donors (Lipinski definition) is 1. The van der Waals surface area contributed by atoms with Crippen LogP contribution < -0.4 is 0 Å². The molecule has 2 radical (unpaired) electrons. The molecule has 0 aliphatic carbocycles. The summed E-state index contributed by atoms with van der Waals surface area (Å²) in [5, 5.41) is 0. The van der Waals surface area contributed by atoms with Crippen LogP contribution in [0.5, 0.6) is 0 Å². The van der Waals surface area contributed by atoms with Gasteiger partial charge in [0, 0.05) is 0 Å². The SMILES string of the molecule is CC(C)(C)CC([B][B]S)C(C)(C)C. The van der Waals surface area contributed by atoms with Crippen molar-refractivity contribution < 1.29 is 0 Å². The second-order valence-corrected chi connectivity index (χ2v) is 6.38. The van der Waals surface area contributed by atoms with Crippen LogP contribution in [-0.4, -0.2) is 13.6 Å². The molecule has 0 fully saturated rings. The summed E-state index contributed by atoms with van der Waals surface area (Å²) in [6.45, 7) is 13.7. The smallest absolute Gasteiger partial charge is 0.141 e. The maximum Gasteiger partial charge on any atom is 0.141 e. The van der Waals surface area contributed by atoms with Crippen molar-refractivity contribution in [3.63, 3.8) is 0 Å². The van der Waals surface area contributed by atoms with Gasteiger partial charge in [-0.2, -0.15) is 0 Å². The third-order valence-electron chi connectivity index (χ3n) is 2.26. The van der Waals surface area contributed by atoms with E-state index in [2.05, 4.69) is 61.2 Å². The monoisotopic (exact) mass is 196 g/mol. The molecule has 0 rings (SSSR count). The Kier molecular flexibility index (Phi) is 4.99. The van der Waals surface area contributed by atoms with Crippen LogP contribution in [0.25, 0.3) is 0 Å². The highest BCUT2D eigenvalue weighted by atomic mass is 32.1. The Morgan fingerprint density at radius 2 is 1.54 bits per heavy atom. The summed E-state index contributed by atoms with van der Waals surface area (Å²) in [5.74, 6) is 0.616. The molecule has 0 aliphatic rings. The van der Waals surface area contributed by atoms with E-state index in [1.807, 2.05) is 6.45 Å². The summed E-state index contributed by atoms with van der Waals surface area (Å²) in [7, 11) is 2.22. The van der Waals surface area contributed by atoms with E-state index in [0.717, 1.165) is 0 Å². The van der Waals surface area contributed by atoms with Crippen molar-refractivity contribution in [3.8, 4) is 0 Å². The fourth-order valence-electron chi connectivity index (χ4n) is 1.43. The summed E-state index contributed by atoms with van der Waals surface area (Å²) in [4.78, 5) is 0. The predicted octanol–water partition coefficient (Wildman–Crippen LogP) is 3.43. The summed E-state index contributed by atoms with van der Waals surface area (Å²) in [5.41, 5.74) is 0.734. The molecule has 0 aliphatic heterocycles. The molecule has 0 N–H and O–H groups in total. The molecule has 3 heteroatoms. The first kappa shape index (κ1) is 13.5. The molecule has 0 spiro atoms. The second-order valence-electron chi connectivity index (χ2n) is 6.08. The molecule has 0 aromatic rings. The highest BCUT2D eigenvalue weighted by Crippen LogP contribution is 2.39. The second kappa shape index (κ2) is 4.82. The minimum atomic E-state index is 0.340.